The number of tetrazole rings is 1. The van der Waals surface area contributed by atoms with Gasteiger partial charge < -0.3 is 9.84 Å². The molecule has 7 heteroatoms. The second-order valence-electron chi connectivity index (χ2n) is 5.25. The Morgan fingerprint density at radius 3 is 2.90 bits per heavy atom. The molecule has 0 aliphatic carbocycles. The highest BCUT2D eigenvalue weighted by Crippen LogP contribution is 2.41. The van der Waals surface area contributed by atoms with Crippen molar-refractivity contribution < 1.29 is 9.84 Å². The van der Waals surface area contributed by atoms with Crippen LogP contribution in [-0.4, -0.2) is 37.0 Å². The standard InChI is InChI=1S/C13H13N5O2/c1-13(2)12(19)11(18-7-15-16-17-18)9-5-8(6-14)3-4-10(9)20-13/h3-5,7,11-12,19H,1-2H3. The zero-order valence-electron chi connectivity index (χ0n) is 11.1. The monoisotopic (exact) mass is 271 g/mol. The van der Waals surface area contributed by atoms with E-state index < -0.39 is 17.7 Å². The predicted octanol–water partition coefficient (Wildman–Crippen LogP) is 0.666. The van der Waals surface area contributed by atoms with E-state index in [0.29, 0.717) is 16.9 Å². The van der Waals surface area contributed by atoms with Crippen molar-refractivity contribution in [3.63, 3.8) is 0 Å². The topological polar surface area (TPSA) is 96.9 Å². The number of aliphatic hydroxyl groups excluding tert-OH is 1. The molecule has 0 bridgehead atoms. The second-order valence-corrected chi connectivity index (χ2v) is 5.25. The van der Waals surface area contributed by atoms with E-state index in [2.05, 4.69) is 21.6 Å². The molecule has 3 rings (SSSR count). The van der Waals surface area contributed by atoms with Gasteiger partial charge in [-0.25, -0.2) is 4.68 Å². The average molecular weight is 271 g/mol. The van der Waals surface area contributed by atoms with Gasteiger partial charge in [0.05, 0.1) is 11.6 Å². The van der Waals surface area contributed by atoms with Crippen molar-refractivity contribution in [3.05, 3.63) is 35.7 Å². The lowest BCUT2D eigenvalue weighted by Gasteiger charge is -2.41. The van der Waals surface area contributed by atoms with Crippen LogP contribution in [0.25, 0.3) is 0 Å². The van der Waals surface area contributed by atoms with Crippen LogP contribution in [-0.2, 0) is 0 Å². The average Bonchev–Trinajstić information content (AvgIpc) is 2.93. The van der Waals surface area contributed by atoms with Crippen molar-refractivity contribution in [2.24, 2.45) is 0 Å². The minimum absolute atomic E-state index is 0.489. The van der Waals surface area contributed by atoms with Gasteiger partial charge in [0.2, 0.25) is 0 Å². The van der Waals surface area contributed by atoms with Crippen LogP contribution >= 0.6 is 0 Å². The van der Waals surface area contributed by atoms with Crippen LogP contribution in [0.4, 0.5) is 0 Å². The maximum atomic E-state index is 10.6. The van der Waals surface area contributed by atoms with Crippen LogP contribution in [0.15, 0.2) is 24.5 Å². The van der Waals surface area contributed by atoms with Gasteiger partial charge in [-0.3, -0.25) is 0 Å². The molecule has 1 aromatic heterocycles. The van der Waals surface area contributed by atoms with Crippen LogP contribution in [0.5, 0.6) is 5.75 Å². The fourth-order valence-electron chi connectivity index (χ4n) is 2.42. The second kappa shape index (κ2) is 4.28. The number of hydrogen-bond donors (Lipinski definition) is 1. The molecule has 0 saturated heterocycles. The Bertz CT molecular complexity index is 675. The molecule has 0 amide bonds. The molecule has 1 aromatic carbocycles. The number of nitriles is 1. The van der Waals surface area contributed by atoms with Gasteiger partial charge in [0.15, 0.2) is 0 Å². The summed E-state index contributed by atoms with van der Waals surface area (Å²) in [5, 5.41) is 30.7. The molecule has 2 atom stereocenters. The van der Waals surface area contributed by atoms with Crippen molar-refractivity contribution in [3.8, 4) is 11.8 Å². The Morgan fingerprint density at radius 2 is 2.25 bits per heavy atom. The van der Waals surface area contributed by atoms with Crippen molar-refractivity contribution in [1.29, 1.82) is 5.26 Å². The summed E-state index contributed by atoms with van der Waals surface area (Å²) in [7, 11) is 0. The Morgan fingerprint density at radius 1 is 1.45 bits per heavy atom. The molecule has 2 unspecified atom stereocenters. The summed E-state index contributed by atoms with van der Waals surface area (Å²) < 4.78 is 7.30. The fourth-order valence-corrected chi connectivity index (χ4v) is 2.42. The molecular formula is C13H13N5O2. The summed E-state index contributed by atoms with van der Waals surface area (Å²) in [4.78, 5) is 0. The van der Waals surface area contributed by atoms with E-state index in [4.69, 9.17) is 10.00 Å². The number of aliphatic hydroxyl groups is 1. The van der Waals surface area contributed by atoms with Crippen molar-refractivity contribution >= 4 is 0 Å². The molecule has 0 radical (unpaired) electrons. The first kappa shape index (κ1) is 12.6. The third-order valence-corrected chi connectivity index (χ3v) is 3.49. The lowest BCUT2D eigenvalue weighted by Crippen LogP contribution is -2.50. The highest BCUT2D eigenvalue weighted by Gasteiger charge is 2.44. The first-order valence-corrected chi connectivity index (χ1v) is 6.16. The Labute approximate surface area is 115 Å². The lowest BCUT2D eigenvalue weighted by molar-refractivity contribution is -0.0661. The van der Waals surface area contributed by atoms with Gasteiger partial charge >= 0.3 is 0 Å². The molecule has 20 heavy (non-hydrogen) atoms. The quantitative estimate of drug-likeness (QED) is 0.818. The smallest absolute Gasteiger partial charge is 0.138 e. The number of benzene rings is 1. The van der Waals surface area contributed by atoms with Crippen LogP contribution in [0.3, 0.4) is 0 Å². The summed E-state index contributed by atoms with van der Waals surface area (Å²) in [6.45, 7) is 3.60. The summed E-state index contributed by atoms with van der Waals surface area (Å²) >= 11 is 0. The molecule has 0 saturated carbocycles. The van der Waals surface area contributed by atoms with Gasteiger partial charge in [0.25, 0.3) is 0 Å². The normalized spacial score (nSPS) is 23.5. The van der Waals surface area contributed by atoms with E-state index >= 15 is 0 Å². The van der Waals surface area contributed by atoms with Crippen LogP contribution in [0, 0.1) is 11.3 Å². The highest BCUT2D eigenvalue weighted by molar-refractivity contribution is 5.46. The summed E-state index contributed by atoms with van der Waals surface area (Å²) in [5.74, 6) is 0.625. The molecule has 1 aliphatic heterocycles. The van der Waals surface area contributed by atoms with Crippen LogP contribution < -0.4 is 4.74 Å². The molecular weight excluding hydrogens is 258 g/mol. The highest BCUT2D eigenvalue weighted by atomic mass is 16.5. The van der Waals surface area contributed by atoms with Crippen molar-refractivity contribution in [2.75, 3.05) is 0 Å². The van der Waals surface area contributed by atoms with E-state index in [1.54, 1.807) is 32.0 Å². The number of rotatable bonds is 1. The third kappa shape index (κ3) is 1.82. The first-order valence-electron chi connectivity index (χ1n) is 6.16. The number of ether oxygens (including phenoxy) is 1. The predicted molar refractivity (Wildman–Crippen MR) is 67.8 cm³/mol. The van der Waals surface area contributed by atoms with Gasteiger partial charge in [-0.05, 0) is 42.5 Å². The van der Waals surface area contributed by atoms with Crippen molar-refractivity contribution in [1.82, 2.24) is 20.2 Å². The van der Waals surface area contributed by atoms with Gasteiger partial charge in [0, 0.05) is 5.56 Å². The molecule has 1 N–H and O–H groups in total. The van der Waals surface area contributed by atoms with Crippen molar-refractivity contribution in [2.45, 2.75) is 31.6 Å². The largest absolute Gasteiger partial charge is 0.485 e. The minimum Gasteiger partial charge on any atom is -0.485 e. The van der Waals surface area contributed by atoms with Gasteiger partial charge in [-0.2, -0.15) is 5.26 Å². The first-order chi connectivity index (χ1) is 9.53. The summed E-state index contributed by atoms with van der Waals surface area (Å²) in [6.07, 6.45) is 0.602. The molecule has 0 fully saturated rings. The SMILES string of the molecule is CC1(C)Oc2ccc(C#N)cc2C(n2cnnn2)C1O. The number of nitrogens with zero attached hydrogens (tertiary/aromatic N) is 5. The van der Waals surface area contributed by atoms with Gasteiger partial charge in [0.1, 0.15) is 29.8 Å². The van der Waals surface area contributed by atoms with Crippen LogP contribution in [0.1, 0.15) is 31.0 Å². The minimum atomic E-state index is -0.840. The fraction of sp³-hybridized carbons (Fsp3) is 0.385. The number of fused-ring (bicyclic) bond motifs is 1. The van der Waals surface area contributed by atoms with E-state index in [-0.39, 0.29) is 0 Å². The zero-order valence-corrected chi connectivity index (χ0v) is 11.1. The lowest BCUT2D eigenvalue weighted by atomic mass is 9.86. The zero-order chi connectivity index (χ0) is 14.3. The molecule has 102 valence electrons. The third-order valence-electron chi connectivity index (χ3n) is 3.49. The maximum Gasteiger partial charge on any atom is 0.138 e. The maximum absolute atomic E-state index is 10.6. The van der Waals surface area contributed by atoms with E-state index in [1.165, 1.54) is 11.0 Å². The molecule has 2 heterocycles. The van der Waals surface area contributed by atoms with E-state index in [1.807, 2.05) is 0 Å². The molecule has 7 nitrogen and oxygen atoms in total. The summed E-state index contributed by atoms with van der Waals surface area (Å²) in [6, 6.07) is 6.70. The molecule has 0 spiro atoms. The number of aromatic nitrogens is 4. The van der Waals surface area contributed by atoms with Gasteiger partial charge in [-0.1, -0.05) is 0 Å². The Hall–Kier alpha value is -2.46. The Balaban J connectivity index is 2.20. The van der Waals surface area contributed by atoms with Gasteiger partial charge in [-0.15, -0.1) is 5.10 Å². The van der Waals surface area contributed by atoms with E-state index in [0.717, 1.165) is 0 Å². The molecule has 1 aliphatic rings. The summed E-state index contributed by atoms with van der Waals surface area (Å²) in [5.41, 5.74) is 0.415. The Kier molecular flexibility index (Phi) is 2.69. The van der Waals surface area contributed by atoms with Crippen LogP contribution in [0.2, 0.25) is 0 Å². The number of hydrogen-bond acceptors (Lipinski definition) is 6. The molecule has 2 aromatic rings. The van der Waals surface area contributed by atoms with E-state index in [9.17, 15) is 5.11 Å².